The first kappa shape index (κ1) is 14.9. The molecule has 0 radical (unpaired) electrons. The maximum atomic E-state index is 6.41. The topological polar surface area (TPSA) is 90.3 Å². The number of nitrogens with zero attached hydrogens (tertiary/aromatic N) is 4. The second kappa shape index (κ2) is 5.76. The molecule has 0 amide bonds. The van der Waals surface area contributed by atoms with Gasteiger partial charge in [0.15, 0.2) is 0 Å². The molecule has 0 bridgehead atoms. The van der Waals surface area contributed by atoms with Crippen LogP contribution in [0, 0.1) is 6.92 Å². The summed E-state index contributed by atoms with van der Waals surface area (Å²) in [5.74, 6) is 1.92. The monoisotopic (exact) mass is 325 g/mol. The van der Waals surface area contributed by atoms with E-state index in [1.807, 2.05) is 19.1 Å². The van der Waals surface area contributed by atoms with Crippen LogP contribution in [0.25, 0.3) is 11.1 Å². The van der Waals surface area contributed by atoms with E-state index in [1.165, 1.54) is 11.9 Å². The number of hydrogen-bond acceptors (Lipinski definition) is 7. The van der Waals surface area contributed by atoms with E-state index in [0.29, 0.717) is 5.71 Å². The fourth-order valence-electron chi connectivity index (χ4n) is 3.35. The van der Waals surface area contributed by atoms with Crippen LogP contribution in [-0.2, 0) is 0 Å². The fraction of sp³-hybridized carbons (Fsp3) is 0.353. The summed E-state index contributed by atoms with van der Waals surface area (Å²) >= 11 is 0. The molecule has 1 aliphatic heterocycles. The third kappa shape index (κ3) is 2.37. The predicted molar refractivity (Wildman–Crippen MR) is 90.3 cm³/mol. The zero-order valence-electron chi connectivity index (χ0n) is 13.6. The Morgan fingerprint density at radius 1 is 1.21 bits per heavy atom. The Morgan fingerprint density at radius 2 is 2.00 bits per heavy atom. The average Bonchev–Trinajstić information content (AvgIpc) is 3.18. The molecule has 124 valence electrons. The summed E-state index contributed by atoms with van der Waals surface area (Å²) in [6.07, 6.45) is 1.51. The van der Waals surface area contributed by atoms with Crippen LogP contribution in [0.4, 0.5) is 5.82 Å². The predicted octanol–water partition coefficient (Wildman–Crippen LogP) is 1.87. The molecule has 0 saturated carbocycles. The summed E-state index contributed by atoms with van der Waals surface area (Å²) in [4.78, 5) is 10.8. The van der Waals surface area contributed by atoms with Crippen molar-refractivity contribution in [3.05, 3.63) is 41.9 Å². The van der Waals surface area contributed by atoms with Crippen molar-refractivity contribution in [1.82, 2.24) is 15.1 Å². The van der Waals surface area contributed by atoms with E-state index in [0.717, 1.165) is 35.7 Å². The standard InChI is InChI=1S/C17H19N5O2/c1-10-15-16(19-9-20-17(15)24-21-10)22-7-13(14(18)8-22)11-3-5-12(23-2)6-4-11/h3-6,9,13-14H,7-8,18H2,1-2H3/t13-,14+/m0/s1. The Labute approximate surface area is 139 Å². The Balaban J connectivity index is 1.65. The number of ether oxygens (including phenoxy) is 1. The van der Waals surface area contributed by atoms with Crippen molar-refractivity contribution in [3.8, 4) is 5.75 Å². The van der Waals surface area contributed by atoms with Gasteiger partial charge >= 0.3 is 0 Å². The molecule has 24 heavy (non-hydrogen) atoms. The molecule has 1 saturated heterocycles. The summed E-state index contributed by atoms with van der Waals surface area (Å²) < 4.78 is 10.5. The maximum absolute atomic E-state index is 6.41. The smallest absolute Gasteiger partial charge is 0.263 e. The number of fused-ring (bicyclic) bond motifs is 1. The Morgan fingerprint density at radius 3 is 2.75 bits per heavy atom. The molecule has 3 heterocycles. The molecule has 1 aromatic carbocycles. The largest absolute Gasteiger partial charge is 0.497 e. The highest BCUT2D eigenvalue weighted by molar-refractivity contribution is 5.88. The molecule has 2 aromatic heterocycles. The average molecular weight is 325 g/mol. The van der Waals surface area contributed by atoms with Crippen LogP contribution in [0.15, 0.2) is 35.1 Å². The van der Waals surface area contributed by atoms with Crippen molar-refractivity contribution in [1.29, 1.82) is 0 Å². The van der Waals surface area contributed by atoms with Gasteiger partial charge in [0.25, 0.3) is 5.71 Å². The number of aryl methyl sites for hydroxylation is 1. The van der Waals surface area contributed by atoms with Crippen LogP contribution >= 0.6 is 0 Å². The van der Waals surface area contributed by atoms with Crippen LogP contribution in [-0.4, -0.2) is 41.4 Å². The summed E-state index contributed by atoms with van der Waals surface area (Å²) in [5.41, 5.74) is 8.92. The number of nitrogens with two attached hydrogens (primary N) is 1. The number of anilines is 1. The summed E-state index contributed by atoms with van der Waals surface area (Å²) in [7, 11) is 1.67. The van der Waals surface area contributed by atoms with Crippen molar-refractivity contribution >= 4 is 16.9 Å². The summed E-state index contributed by atoms with van der Waals surface area (Å²) in [5, 5.41) is 4.85. The second-order valence-corrected chi connectivity index (χ2v) is 6.09. The van der Waals surface area contributed by atoms with E-state index < -0.39 is 0 Å². The van der Waals surface area contributed by atoms with Gasteiger partial charge in [-0.1, -0.05) is 17.3 Å². The molecule has 3 aromatic rings. The zero-order chi connectivity index (χ0) is 16.7. The highest BCUT2D eigenvalue weighted by Crippen LogP contribution is 2.33. The lowest BCUT2D eigenvalue weighted by molar-refractivity contribution is 0.414. The van der Waals surface area contributed by atoms with Gasteiger partial charge in [-0.3, -0.25) is 0 Å². The van der Waals surface area contributed by atoms with E-state index >= 15 is 0 Å². The van der Waals surface area contributed by atoms with E-state index in [9.17, 15) is 0 Å². The third-order valence-corrected chi connectivity index (χ3v) is 4.63. The normalized spacial score (nSPS) is 20.7. The molecular formula is C17H19N5O2. The second-order valence-electron chi connectivity index (χ2n) is 6.09. The van der Waals surface area contributed by atoms with E-state index in [2.05, 4.69) is 32.2 Å². The van der Waals surface area contributed by atoms with Crippen LogP contribution in [0.5, 0.6) is 5.75 Å². The van der Waals surface area contributed by atoms with Gasteiger partial charge in [0.2, 0.25) is 0 Å². The molecule has 1 fully saturated rings. The molecule has 1 aliphatic rings. The van der Waals surface area contributed by atoms with Crippen molar-refractivity contribution in [2.45, 2.75) is 18.9 Å². The van der Waals surface area contributed by atoms with Gasteiger partial charge in [-0.25, -0.2) is 4.98 Å². The SMILES string of the molecule is COc1ccc([C@@H]2CN(c3ncnc4onc(C)c34)C[C@H]2N)cc1. The zero-order valence-corrected chi connectivity index (χ0v) is 13.6. The lowest BCUT2D eigenvalue weighted by Crippen LogP contribution is -2.29. The first-order valence-electron chi connectivity index (χ1n) is 7.89. The Kier molecular flexibility index (Phi) is 3.57. The first-order valence-corrected chi connectivity index (χ1v) is 7.89. The number of benzene rings is 1. The Bertz CT molecular complexity index is 861. The number of methoxy groups -OCH3 is 1. The summed E-state index contributed by atoms with van der Waals surface area (Å²) in [6.45, 7) is 3.42. The van der Waals surface area contributed by atoms with Gasteiger partial charge in [0, 0.05) is 25.0 Å². The van der Waals surface area contributed by atoms with Crippen molar-refractivity contribution in [3.63, 3.8) is 0 Å². The van der Waals surface area contributed by atoms with E-state index in [4.69, 9.17) is 15.0 Å². The van der Waals surface area contributed by atoms with Crippen LogP contribution in [0.2, 0.25) is 0 Å². The van der Waals surface area contributed by atoms with Crippen molar-refractivity contribution in [2.24, 2.45) is 5.73 Å². The van der Waals surface area contributed by atoms with Crippen molar-refractivity contribution in [2.75, 3.05) is 25.1 Å². The molecule has 0 unspecified atom stereocenters. The molecule has 4 rings (SSSR count). The van der Waals surface area contributed by atoms with Gasteiger partial charge in [-0.05, 0) is 24.6 Å². The summed E-state index contributed by atoms with van der Waals surface area (Å²) in [6, 6.07) is 8.12. The van der Waals surface area contributed by atoms with Gasteiger partial charge in [0.05, 0.1) is 12.8 Å². The lowest BCUT2D eigenvalue weighted by atomic mass is 9.95. The molecule has 7 heteroatoms. The highest BCUT2D eigenvalue weighted by Gasteiger charge is 2.33. The molecule has 2 atom stereocenters. The van der Waals surface area contributed by atoms with E-state index in [1.54, 1.807) is 7.11 Å². The first-order chi connectivity index (χ1) is 11.7. The van der Waals surface area contributed by atoms with Gasteiger partial charge < -0.3 is 19.9 Å². The fourth-order valence-corrected chi connectivity index (χ4v) is 3.35. The van der Waals surface area contributed by atoms with Crippen molar-refractivity contribution < 1.29 is 9.26 Å². The minimum atomic E-state index is 0.0311. The number of rotatable bonds is 3. The quantitative estimate of drug-likeness (QED) is 0.786. The third-order valence-electron chi connectivity index (χ3n) is 4.63. The Hall–Kier alpha value is -2.67. The molecule has 2 N–H and O–H groups in total. The minimum absolute atomic E-state index is 0.0311. The molecule has 7 nitrogen and oxygen atoms in total. The molecule has 0 aliphatic carbocycles. The van der Waals surface area contributed by atoms with E-state index in [-0.39, 0.29) is 12.0 Å². The van der Waals surface area contributed by atoms with Crippen LogP contribution < -0.4 is 15.4 Å². The van der Waals surface area contributed by atoms with Gasteiger partial charge in [0.1, 0.15) is 23.3 Å². The van der Waals surface area contributed by atoms with Gasteiger partial charge in [-0.2, -0.15) is 4.98 Å². The molecular weight excluding hydrogens is 306 g/mol. The number of hydrogen-bond donors (Lipinski definition) is 1. The maximum Gasteiger partial charge on any atom is 0.263 e. The van der Waals surface area contributed by atoms with Crippen LogP contribution in [0.1, 0.15) is 17.2 Å². The van der Waals surface area contributed by atoms with Gasteiger partial charge in [-0.15, -0.1) is 0 Å². The number of aromatic nitrogens is 3. The molecule has 0 spiro atoms. The highest BCUT2D eigenvalue weighted by atomic mass is 16.5. The minimum Gasteiger partial charge on any atom is -0.497 e. The van der Waals surface area contributed by atoms with Crippen LogP contribution in [0.3, 0.4) is 0 Å². The lowest BCUT2D eigenvalue weighted by Gasteiger charge is -2.18.